The third kappa shape index (κ3) is 3.10. The van der Waals surface area contributed by atoms with Gasteiger partial charge in [0.25, 0.3) is 0 Å². The van der Waals surface area contributed by atoms with Crippen LogP contribution in [0.15, 0.2) is 6.20 Å². The standard InChI is InChI=1S/C13H21N3O2/c1-9-11(8-16(2)15-9)7-14-12-5-3-4-10(6-12)13(17)18/h8,10,12,14H,3-7H2,1-2H3,(H,17,18). The van der Waals surface area contributed by atoms with Crippen LogP contribution in [0.5, 0.6) is 0 Å². The maximum absolute atomic E-state index is 11.0. The van der Waals surface area contributed by atoms with Crippen molar-refractivity contribution in [3.8, 4) is 0 Å². The van der Waals surface area contributed by atoms with Crippen molar-refractivity contribution in [1.82, 2.24) is 15.1 Å². The number of aliphatic carboxylic acids is 1. The fourth-order valence-electron chi connectivity index (χ4n) is 2.68. The van der Waals surface area contributed by atoms with E-state index in [9.17, 15) is 4.79 Å². The molecule has 1 aromatic rings. The predicted molar refractivity (Wildman–Crippen MR) is 68.2 cm³/mol. The Labute approximate surface area is 107 Å². The highest BCUT2D eigenvalue weighted by atomic mass is 16.4. The Morgan fingerprint density at radius 1 is 1.61 bits per heavy atom. The first-order chi connectivity index (χ1) is 8.56. The van der Waals surface area contributed by atoms with Crippen LogP contribution >= 0.6 is 0 Å². The summed E-state index contributed by atoms with van der Waals surface area (Å²) in [7, 11) is 1.91. The summed E-state index contributed by atoms with van der Waals surface area (Å²) >= 11 is 0. The van der Waals surface area contributed by atoms with Crippen LogP contribution in [0.4, 0.5) is 0 Å². The summed E-state index contributed by atoms with van der Waals surface area (Å²) in [5, 5.41) is 16.8. The van der Waals surface area contributed by atoms with Crippen molar-refractivity contribution >= 4 is 5.97 Å². The third-order valence-electron chi connectivity index (χ3n) is 3.72. The van der Waals surface area contributed by atoms with Crippen LogP contribution in [-0.4, -0.2) is 26.9 Å². The van der Waals surface area contributed by atoms with E-state index in [1.807, 2.05) is 24.9 Å². The molecule has 0 aliphatic heterocycles. The Hall–Kier alpha value is -1.36. The fourth-order valence-corrected chi connectivity index (χ4v) is 2.68. The summed E-state index contributed by atoms with van der Waals surface area (Å²) < 4.78 is 1.81. The smallest absolute Gasteiger partial charge is 0.306 e. The monoisotopic (exact) mass is 251 g/mol. The summed E-state index contributed by atoms with van der Waals surface area (Å²) in [5.41, 5.74) is 2.23. The van der Waals surface area contributed by atoms with Gasteiger partial charge >= 0.3 is 5.97 Å². The zero-order valence-electron chi connectivity index (χ0n) is 11.0. The van der Waals surface area contributed by atoms with E-state index in [0.29, 0.717) is 6.04 Å². The van der Waals surface area contributed by atoms with E-state index >= 15 is 0 Å². The van der Waals surface area contributed by atoms with Gasteiger partial charge in [0.05, 0.1) is 11.6 Å². The minimum Gasteiger partial charge on any atom is -0.481 e. The van der Waals surface area contributed by atoms with Crippen LogP contribution in [0.1, 0.15) is 36.9 Å². The van der Waals surface area contributed by atoms with E-state index < -0.39 is 5.97 Å². The average Bonchev–Trinajstić information content (AvgIpc) is 2.65. The zero-order valence-corrected chi connectivity index (χ0v) is 11.0. The highest BCUT2D eigenvalue weighted by Crippen LogP contribution is 2.24. The van der Waals surface area contributed by atoms with E-state index in [0.717, 1.165) is 37.9 Å². The number of hydrogen-bond acceptors (Lipinski definition) is 3. The number of aromatic nitrogens is 2. The van der Waals surface area contributed by atoms with Gasteiger partial charge in [0.2, 0.25) is 0 Å². The number of rotatable bonds is 4. The van der Waals surface area contributed by atoms with Crippen molar-refractivity contribution < 1.29 is 9.90 Å². The maximum Gasteiger partial charge on any atom is 0.306 e. The van der Waals surface area contributed by atoms with E-state index in [4.69, 9.17) is 5.11 Å². The molecule has 2 N–H and O–H groups in total. The molecule has 1 aliphatic carbocycles. The second-order valence-corrected chi connectivity index (χ2v) is 5.19. The second kappa shape index (κ2) is 5.52. The van der Waals surface area contributed by atoms with E-state index in [1.54, 1.807) is 0 Å². The van der Waals surface area contributed by atoms with Gasteiger partial charge in [-0.2, -0.15) is 5.10 Å². The predicted octanol–water partition coefficient (Wildman–Crippen LogP) is 1.46. The number of aryl methyl sites for hydroxylation is 2. The fraction of sp³-hybridized carbons (Fsp3) is 0.692. The molecule has 2 rings (SSSR count). The molecule has 1 aliphatic rings. The summed E-state index contributed by atoms with van der Waals surface area (Å²) in [6.07, 6.45) is 5.65. The van der Waals surface area contributed by atoms with E-state index in [2.05, 4.69) is 10.4 Å². The van der Waals surface area contributed by atoms with Crippen LogP contribution in [0, 0.1) is 12.8 Å². The lowest BCUT2D eigenvalue weighted by Gasteiger charge is -2.27. The van der Waals surface area contributed by atoms with Crippen LogP contribution in [-0.2, 0) is 18.4 Å². The molecule has 2 unspecified atom stereocenters. The van der Waals surface area contributed by atoms with Gasteiger partial charge in [-0.15, -0.1) is 0 Å². The molecule has 0 amide bonds. The molecular weight excluding hydrogens is 230 g/mol. The molecule has 0 radical (unpaired) electrons. The maximum atomic E-state index is 11.0. The quantitative estimate of drug-likeness (QED) is 0.850. The molecule has 0 saturated heterocycles. The second-order valence-electron chi connectivity index (χ2n) is 5.19. The molecule has 0 spiro atoms. The first-order valence-electron chi connectivity index (χ1n) is 6.51. The van der Waals surface area contributed by atoms with Crippen LogP contribution in [0.25, 0.3) is 0 Å². The lowest BCUT2D eigenvalue weighted by Crippen LogP contribution is -2.36. The first-order valence-corrected chi connectivity index (χ1v) is 6.51. The van der Waals surface area contributed by atoms with Gasteiger partial charge in [0.15, 0.2) is 0 Å². The zero-order chi connectivity index (χ0) is 13.1. The normalized spacial score (nSPS) is 24.1. The molecule has 0 bridgehead atoms. The number of carboxylic acids is 1. The average molecular weight is 251 g/mol. The van der Waals surface area contributed by atoms with Crippen molar-refractivity contribution in [2.24, 2.45) is 13.0 Å². The van der Waals surface area contributed by atoms with Gasteiger partial charge in [-0.05, 0) is 26.2 Å². The number of carboxylic acid groups (broad SMARTS) is 1. The molecule has 1 heterocycles. The highest BCUT2D eigenvalue weighted by Gasteiger charge is 2.26. The Morgan fingerprint density at radius 2 is 2.39 bits per heavy atom. The van der Waals surface area contributed by atoms with Gasteiger partial charge in [-0.3, -0.25) is 9.48 Å². The Morgan fingerprint density at radius 3 is 3.00 bits per heavy atom. The molecule has 1 fully saturated rings. The minimum atomic E-state index is -0.654. The highest BCUT2D eigenvalue weighted by molar-refractivity contribution is 5.70. The lowest BCUT2D eigenvalue weighted by atomic mass is 9.86. The molecule has 0 aromatic carbocycles. The van der Waals surface area contributed by atoms with Gasteiger partial charge < -0.3 is 10.4 Å². The Balaban J connectivity index is 1.86. The SMILES string of the molecule is Cc1nn(C)cc1CNC1CCCC(C(=O)O)C1. The van der Waals surface area contributed by atoms with Gasteiger partial charge in [-0.25, -0.2) is 0 Å². The molecule has 5 heteroatoms. The Kier molecular flexibility index (Phi) is 4.01. The van der Waals surface area contributed by atoms with Crippen molar-refractivity contribution in [2.45, 2.75) is 45.2 Å². The van der Waals surface area contributed by atoms with Crippen LogP contribution < -0.4 is 5.32 Å². The molecule has 18 heavy (non-hydrogen) atoms. The molecule has 2 atom stereocenters. The molecular formula is C13H21N3O2. The van der Waals surface area contributed by atoms with Crippen molar-refractivity contribution in [1.29, 1.82) is 0 Å². The molecule has 1 aromatic heterocycles. The van der Waals surface area contributed by atoms with Crippen molar-refractivity contribution in [3.63, 3.8) is 0 Å². The van der Waals surface area contributed by atoms with Crippen molar-refractivity contribution in [3.05, 3.63) is 17.5 Å². The van der Waals surface area contributed by atoms with Crippen LogP contribution in [0.3, 0.4) is 0 Å². The summed E-state index contributed by atoms with van der Waals surface area (Å²) in [6.45, 7) is 2.77. The van der Waals surface area contributed by atoms with Gasteiger partial charge in [-0.1, -0.05) is 6.42 Å². The molecule has 100 valence electrons. The molecule has 5 nitrogen and oxygen atoms in total. The summed E-state index contributed by atoms with van der Waals surface area (Å²) in [5.74, 6) is -0.828. The summed E-state index contributed by atoms with van der Waals surface area (Å²) in [4.78, 5) is 11.0. The lowest BCUT2D eigenvalue weighted by molar-refractivity contribution is -0.143. The number of hydrogen-bond donors (Lipinski definition) is 2. The molecule has 1 saturated carbocycles. The minimum absolute atomic E-state index is 0.175. The van der Waals surface area contributed by atoms with E-state index in [-0.39, 0.29) is 5.92 Å². The topological polar surface area (TPSA) is 67.2 Å². The van der Waals surface area contributed by atoms with Gasteiger partial charge in [0.1, 0.15) is 0 Å². The first kappa shape index (κ1) is 13.1. The summed E-state index contributed by atoms with van der Waals surface area (Å²) in [6, 6.07) is 0.319. The van der Waals surface area contributed by atoms with Crippen LogP contribution in [0.2, 0.25) is 0 Å². The number of carbonyl (C=O) groups is 1. The van der Waals surface area contributed by atoms with Gasteiger partial charge in [0, 0.05) is 31.4 Å². The number of nitrogens with one attached hydrogen (secondary N) is 1. The largest absolute Gasteiger partial charge is 0.481 e. The third-order valence-corrected chi connectivity index (χ3v) is 3.72. The number of nitrogens with zero attached hydrogens (tertiary/aromatic N) is 2. The van der Waals surface area contributed by atoms with Crippen molar-refractivity contribution in [2.75, 3.05) is 0 Å². The Bertz CT molecular complexity index is 428. The van der Waals surface area contributed by atoms with E-state index in [1.165, 1.54) is 5.56 Å².